The van der Waals surface area contributed by atoms with E-state index in [9.17, 15) is 4.79 Å². The normalized spacial score (nSPS) is 19.5. The standard InChI is InChI=1S/C17H23N3O/c1-12(2)20-8-6-13(11-20)10-19-17(21)15-4-3-14-5-7-18-16(14)9-15/h3-5,7,9,12-13,18H,6,8,10-11H2,1-2H3,(H,19,21). The van der Waals surface area contributed by atoms with Gasteiger partial charge in [0.15, 0.2) is 0 Å². The predicted octanol–water partition coefficient (Wildman–Crippen LogP) is 2.63. The van der Waals surface area contributed by atoms with Crippen LogP contribution in [-0.4, -0.2) is 41.5 Å². The summed E-state index contributed by atoms with van der Waals surface area (Å²) >= 11 is 0. The summed E-state index contributed by atoms with van der Waals surface area (Å²) in [4.78, 5) is 17.9. The number of rotatable bonds is 4. The summed E-state index contributed by atoms with van der Waals surface area (Å²) in [6.45, 7) is 7.46. The molecule has 2 N–H and O–H groups in total. The number of hydrogen-bond donors (Lipinski definition) is 2. The first-order valence-corrected chi connectivity index (χ1v) is 7.73. The molecule has 2 aromatic rings. The minimum Gasteiger partial charge on any atom is -0.361 e. The van der Waals surface area contributed by atoms with Gasteiger partial charge in [-0.15, -0.1) is 0 Å². The van der Waals surface area contributed by atoms with Crippen molar-refractivity contribution < 1.29 is 4.79 Å². The van der Waals surface area contributed by atoms with Crippen molar-refractivity contribution in [2.24, 2.45) is 5.92 Å². The van der Waals surface area contributed by atoms with Crippen LogP contribution in [0.5, 0.6) is 0 Å². The molecule has 1 unspecified atom stereocenters. The maximum absolute atomic E-state index is 12.2. The molecule has 1 aliphatic heterocycles. The highest BCUT2D eigenvalue weighted by molar-refractivity contribution is 5.97. The number of amides is 1. The van der Waals surface area contributed by atoms with Crippen LogP contribution in [0.1, 0.15) is 30.6 Å². The second-order valence-corrected chi connectivity index (χ2v) is 6.23. The Balaban J connectivity index is 1.57. The van der Waals surface area contributed by atoms with E-state index in [2.05, 4.69) is 29.0 Å². The van der Waals surface area contributed by atoms with E-state index in [0.717, 1.165) is 36.1 Å². The highest BCUT2D eigenvalue weighted by atomic mass is 16.1. The second-order valence-electron chi connectivity index (χ2n) is 6.23. The molecule has 4 heteroatoms. The topological polar surface area (TPSA) is 48.1 Å². The number of likely N-dealkylation sites (tertiary alicyclic amines) is 1. The number of benzene rings is 1. The van der Waals surface area contributed by atoms with Gasteiger partial charge in [0.2, 0.25) is 0 Å². The number of nitrogens with zero attached hydrogens (tertiary/aromatic N) is 1. The van der Waals surface area contributed by atoms with Crippen LogP contribution < -0.4 is 5.32 Å². The molecule has 1 atom stereocenters. The van der Waals surface area contributed by atoms with Crippen LogP contribution >= 0.6 is 0 Å². The fourth-order valence-electron chi connectivity index (χ4n) is 3.03. The van der Waals surface area contributed by atoms with E-state index < -0.39 is 0 Å². The third-order valence-electron chi connectivity index (χ3n) is 4.42. The quantitative estimate of drug-likeness (QED) is 0.907. The lowest BCUT2D eigenvalue weighted by atomic mass is 10.1. The molecule has 21 heavy (non-hydrogen) atoms. The number of aromatic amines is 1. The zero-order chi connectivity index (χ0) is 14.8. The van der Waals surface area contributed by atoms with Crippen molar-refractivity contribution in [3.8, 4) is 0 Å². The van der Waals surface area contributed by atoms with Gasteiger partial charge >= 0.3 is 0 Å². The maximum Gasteiger partial charge on any atom is 0.251 e. The van der Waals surface area contributed by atoms with Crippen LogP contribution in [0.2, 0.25) is 0 Å². The molecule has 1 aliphatic rings. The second kappa shape index (κ2) is 5.90. The van der Waals surface area contributed by atoms with E-state index in [4.69, 9.17) is 0 Å². The first-order chi connectivity index (χ1) is 10.1. The molecule has 0 aliphatic carbocycles. The van der Waals surface area contributed by atoms with Crippen LogP contribution in [0.25, 0.3) is 10.9 Å². The van der Waals surface area contributed by atoms with Gasteiger partial charge in [-0.1, -0.05) is 6.07 Å². The van der Waals surface area contributed by atoms with Crippen LogP contribution in [-0.2, 0) is 0 Å². The van der Waals surface area contributed by atoms with E-state index in [1.807, 2.05) is 30.5 Å². The van der Waals surface area contributed by atoms with Gasteiger partial charge in [0.1, 0.15) is 0 Å². The van der Waals surface area contributed by atoms with E-state index >= 15 is 0 Å². The van der Waals surface area contributed by atoms with Crippen molar-refractivity contribution in [2.45, 2.75) is 26.3 Å². The summed E-state index contributed by atoms with van der Waals surface area (Å²) in [5.74, 6) is 0.597. The molecule has 1 amide bonds. The van der Waals surface area contributed by atoms with E-state index in [-0.39, 0.29) is 5.91 Å². The Kier molecular flexibility index (Phi) is 3.97. The van der Waals surface area contributed by atoms with Gasteiger partial charge < -0.3 is 15.2 Å². The Morgan fingerprint density at radius 2 is 2.29 bits per heavy atom. The third kappa shape index (κ3) is 3.10. The highest BCUT2D eigenvalue weighted by Gasteiger charge is 2.24. The summed E-state index contributed by atoms with van der Waals surface area (Å²) in [5.41, 5.74) is 1.73. The highest BCUT2D eigenvalue weighted by Crippen LogP contribution is 2.18. The van der Waals surface area contributed by atoms with Crippen molar-refractivity contribution in [1.82, 2.24) is 15.2 Å². The van der Waals surface area contributed by atoms with Gasteiger partial charge in [0, 0.05) is 36.4 Å². The summed E-state index contributed by atoms with van der Waals surface area (Å²) in [5, 5.41) is 4.21. The molecule has 1 aromatic heterocycles. The molecular weight excluding hydrogens is 262 g/mol. The number of H-pyrrole nitrogens is 1. The number of hydrogen-bond acceptors (Lipinski definition) is 2. The molecule has 1 aromatic carbocycles. The van der Waals surface area contributed by atoms with Gasteiger partial charge in [-0.3, -0.25) is 4.79 Å². The van der Waals surface area contributed by atoms with Gasteiger partial charge in [-0.05, 0) is 56.3 Å². The van der Waals surface area contributed by atoms with E-state index in [1.54, 1.807) is 0 Å². The Morgan fingerprint density at radius 1 is 1.43 bits per heavy atom. The van der Waals surface area contributed by atoms with Gasteiger partial charge in [0.25, 0.3) is 5.91 Å². The van der Waals surface area contributed by atoms with Crippen molar-refractivity contribution in [2.75, 3.05) is 19.6 Å². The number of carbonyl (C=O) groups is 1. The molecule has 1 fully saturated rings. The molecule has 112 valence electrons. The SMILES string of the molecule is CC(C)N1CCC(CNC(=O)c2ccc3cc[nH]c3c2)C1. The fraction of sp³-hybridized carbons (Fsp3) is 0.471. The Labute approximate surface area is 125 Å². The Bertz CT molecular complexity index is 632. The fourth-order valence-corrected chi connectivity index (χ4v) is 3.03. The molecule has 1 saturated heterocycles. The number of nitrogens with one attached hydrogen (secondary N) is 2. The average Bonchev–Trinajstić information content (AvgIpc) is 3.12. The van der Waals surface area contributed by atoms with Crippen molar-refractivity contribution in [1.29, 1.82) is 0 Å². The molecule has 0 saturated carbocycles. The number of aromatic nitrogens is 1. The number of carbonyl (C=O) groups excluding carboxylic acids is 1. The summed E-state index contributed by atoms with van der Waals surface area (Å²) in [6.07, 6.45) is 3.07. The minimum absolute atomic E-state index is 0.0227. The monoisotopic (exact) mass is 285 g/mol. The zero-order valence-corrected chi connectivity index (χ0v) is 12.7. The summed E-state index contributed by atoms with van der Waals surface area (Å²) < 4.78 is 0. The van der Waals surface area contributed by atoms with Crippen LogP contribution in [0.4, 0.5) is 0 Å². The number of fused-ring (bicyclic) bond motifs is 1. The summed E-state index contributed by atoms with van der Waals surface area (Å²) in [7, 11) is 0. The molecular formula is C17H23N3O. The van der Waals surface area contributed by atoms with Gasteiger partial charge in [0.05, 0.1) is 0 Å². The lowest BCUT2D eigenvalue weighted by Gasteiger charge is -2.20. The Hall–Kier alpha value is -1.81. The van der Waals surface area contributed by atoms with Gasteiger partial charge in [-0.25, -0.2) is 0 Å². The lowest BCUT2D eigenvalue weighted by Crippen LogP contribution is -2.32. The lowest BCUT2D eigenvalue weighted by molar-refractivity contribution is 0.0947. The third-order valence-corrected chi connectivity index (χ3v) is 4.42. The average molecular weight is 285 g/mol. The molecule has 0 bridgehead atoms. The molecule has 4 nitrogen and oxygen atoms in total. The summed E-state index contributed by atoms with van der Waals surface area (Å²) in [6, 6.07) is 8.40. The maximum atomic E-state index is 12.2. The van der Waals surface area contributed by atoms with Crippen LogP contribution in [0.15, 0.2) is 30.5 Å². The van der Waals surface area contributed by atoms with Crippen molar-refractivity contribution in [3.05, 3.63) is 36.0 Å². The predicted molar refractivity (Wildman–Crippen MR) is 85.4 cm³/mol. The molecule has 2 heterocycles. The van der Waals surface area contributed by atoms with Crippen LogP contribution in [0, 0.1) is 5.92 Å². The van der Waals surface area contributed by atoms with Crippen LogP contribution in [0.3, 0.4) is 0 Å². The van der Waals surface area contributed by atoms with E-state index in [0.29, 0.717) is 12.0 Å². The molecule has 0 spiro atoms. The smallest absolute Gasteiger partial charge is 0.251 e. The molecule has 0 radical (unpaired) electrons. The largest absolute Gasteiger partial charge is 0.361 e. The first-order valence-electron chi connectivity index (χ1n) is 7.73. The first kappa shape index (κ1) is 14.1. The van der Waals surface area contributed by atoms with Crippen molar-refractivity contribution >= 4 is 16.8 Å². The Morgan fingerprint density at radius 3 is 3.05 bits per heavy atom. The minimum atomic E-state index is 0.0227. The zero-order valence-electron chi connectivity index (χ0n) is 12.7. The van der Waals surface area contributed by atoms with E-state index in [1.165, 1.54) is 6.42 Å². The molecule has 3 rings (SSSR count). The van der Waals surface area contributed by atoms with Gasteiger partial charge in [-0.2, -0.15) is 0 Å². The van der Waals surface area contributed by atoms with Crippen molar-refractivity contribution in [3.63, 3.8) is 0 Å².